The molecule has 0 saturated heterocycles. The largest absolute Gasteiger partial charge is 0.351 e. The predicted octanol–water partition coefficient (Wildman–Crippen LogP) is 3.39. The van der Waals surface area contributed by atoms with Crippen LogP contribution in [-0.2, 0) is 0 Å². The van der Waals surface area contributed by atoms with E-state index >= 15 is 0 Å². The van der Waals surface area contributed by atoms with Gasteiger partial charge in [-0.15, -0.1) is 0 Å². The summed E-state index contributed by atoms with van der Waals surface area (Å²) in [6.45, 7) is 0. The third kappa shape index (κ3) is 1.57. The van der Waals surface area contributed by atoms with Crippen molar-refractivity contribution >= 4 is 29.5 Å². The lowest BCUT2D eigenvalue weighted by molar-refractivity contribution is 0.256. The normalized spacial score (nSPS) is 19.9. The quantitative estimate of drug-likeness (QED) is 0.758. The molecule has 2 aromatic rings. The first-order valence-electron chi connectivity index (χ1n) is 9.07. The second kappa shape index (κ2) is 4.04. The van der Waals surface area contributed by atoms with Gasteiger partial charge in [0.05, 0.1) is 22.3 Å². The second-order valence-electron chi connectivity index (χ2n) is 3.53. The van der Waals surface area contributed by atoms with Crippen molar-refractivity contribution in [1.29, 1.82) is 0 Å². The molecule has 2 N–H and O–H groups in total. The summed E-state index contributed by atoms with van der Waals surface area (Å²) in [4.78, 5) is 12.9. The lowest BCUT2D eigenvalue weighted by Crippen LogP contribution is -2.32. The molecule has 1 aliphatic rings. The Morgan fingerprint density at radius 1 is 1.00 bits per heavy atom. The molecule has 0 spiro atoms. The Kier molecular flexibility index (Phi) is 1.12. The van der Waals surface area contributed by atoms with E-state index in [2.05, 4.69) is 0 Å². The molecule has 3 nitrogen and oxygen atoms in total. The summed E-state index contributed by atoms with van der Waals surface area (Å²) in [6, 6.07) is -2.71. The Balaban J connectivity index is 2.59. The Morgan fingerprint density at radius 2 is 1.50 bits per heavy atom. The Bertz CT molecular complexity index is 944. The van der Waals surface area contributed by atoms with Crippen molar-refractivity contribution < 1.29 is 15.8 Å². The van der Waals surface area contributed by atoms with Crippen LogP contribution in [0.2, 0.25) is 0 Å². The van der Waals surface area contributed by atoms with E-state index in [0.29, 0.717) is 4.90 Å². The topological polar surface area (TPSA) is 46.3 Å². The van der Waals surface area contributed by atoms with Crippen molar-refractivity contribution in [1.82, 2.24) is 0 Å². The molecule has 0 atom stereocenters. The summed E-state index contributed by atoms with van der Waals surface area (Å²) in [5.41, 5.74) is 4.58. The molecular weight excluding hydrogens is 224 g/mol. The van der Waals surface area contributed by atoms with Gasteiger partial charge in [-0.2, -0.15) is 0 Å². The number of urea groups is 1. The fourth-order valence-corrected chi connectivity index (χ4v) is 1.69. The van der Waals surface area contributed by atoms with Crippen LogP contribution in [0.5, 0.6) is 0 Å². The number of primary amides is 1. The summed E-state index contributed by atoms with van der Waals surface area (Å²) in [5, 5.41) is 0. The van der Waals surface area contributed by atoms with Crippen molar-refractivity contribution in [3.8, 4) is 0 Å². The average Bonchev–Trinajstić information content (AvgIpc) is 2.67. The molecule has 1 heterocycles. The van der Waals surface area contributed by atoms with E-state index in [0.717, 1.165) is 12.1 Å². The summed E-state index contributed by atoms with van der Waals surface area (Å²) in [7, 11) is 0. The summed E-state index contributed by atoms with van der Waals surface area (Å²) in [6.07, 6.45) is 0. The van der Waals surface area contributed by atoms with Crippen molar-refractivity contribution in [2.24, 2.45) is 5.73 Å². The number of rotatable bonds is 0. The van der Waals surface area contributed by atoms with Crippen molar-refractivity contribution in [2.75, 3.05) is 4.90 Å². The SMILES string of the molecule is [2H]C1=C([2H])c2cc([2H])c([2H])c([2H])c2N(C(N)=O)c2c1cc([2H])c([2H])c2[2H]. The fourth-order valence-electron chi connectivity index (χ4n) is 1.69. The second-order valence-corrected chi connectivity index (χ2v) is 3.53. The first-order chi connectivity index (χ1) is 12.1. The number of benzene rings is 2. The van der Waals surface area contributed by atoms with E-state index in [9.17, 15) is 4.79 Å². The zero-order valence-corrected chi connectivity index (χ0v) is 9.09. The highest BCUT2D eigenvalue weighted by Gasteiger charge is 2.21. The van der Waals surface area contributed by atoms with Crippen LogP contribution < -0.4 is 10.6 Å². The van der Waals surface area contributed by atoms with E-state index in [1.165, 1.54) is 0 Å². The highest BCUT2D eigenvalue weighted by Crippen LogP contribution is 2.35. The average molecular weight is 244 g/mol. The molecule has 0 aromatic heterocycles. The van der Waals surface area contributed by atoms with Gasteiger partial charge < -0.3 is 5.73 Å². The van der Waals surface area contributed by atoms with E-state index < -0.39 is 42.3 Å². The van der Waals surface area contributed by atoms with Gasteiger partial charge >= 0.3 is 6.03 Å². The molecule has 18 heavy (non-hydrogen) atoms. The third-order valence-corrected chi connectivity index (χ3v) is 2.45. The van der Waals surface area contributed by atoms with Gasteiger partial charge in [0.1, 0.15) is 0 Å². The minimum absolute atomic E-state index is 0.131. The lowest BCUT2D eigenvalue weighted by Gasteiger charge is -2.22. The van der Waals surface area contributed by atoms with Gasteiger partial charge in [-0.1, -0.05) is 48.4 Å². The van der Waals surface area contributed by atoms with Crippen molar-refractivity contribution in [3.05, 3.63) is 59.5 Å². The standard InChI is InChI=1S/C15H12N2O/c16-15(18)17-13-7-3-1-5-11(13)9-10-12-6-2-4-8-14(12)17/h1-10H,(H2,16,18)/i1D,2D,3D,4D,7D,8D,9D,10D. The third-order valence-electron chi connectivity index (χ3n) is 2.45. The van der Waals surface area contributed by atoms with E-state index in [-0.39, 0.29) is 34.6 Å². The smallest absolute Gasteiger partial charge is 0.323 e. The summed E-state index contributed by atoms with van der Waals surface area (Å²) >= 11 is 0. The number of hydrogen-bond acceptors (Lipinski definition) is 1. The number of para-hydroxylation sites is 2. The van der Waals surface area contributed by atoms with E-state index in [4.69, 9.17) is 16.7 Å². The molecule has 3 rings (SSSR count). The Labute approximate surface area is 116 Å². The zero-order chi connectivity index (χ0) is 19.5. The number of carbonyl (C=O) groups is 1. The van der Waals surface area contributed by atoms with Gasteiger partial charge in [0.2, 0.25) is 0 Å². The molecule has 2 amide bonds. The maximum atomic E-state index is 12.2. The maximum Gasteiger partial charge on any atom is 0.323 e. The molecule has 0 bridgehead atoms. The first kappa shape index (κ1) is 4.98. The molecule has 0 radical (unpaired) electrons. The van der Waals surface area contributed by atoms with Gasteiger partial charge in [0, 0.05) is 0 Å². The molecular formula is C15H12N2O. The van der Waals surface area contributed by atoms with Gasteiger partial charge in [0.15, 0.2) is 0 Å². The molecule has 3 heteroatoms. The molecule has 88 valence electrons. The Morgan fingerprint density at radius 3 is 1.94 bits per heavy atom. The van der Waals surface area contributed by atoms with Crippen LogP contribution in [0.15, 0.2) is 48.4 Å². The van der Waals surface area contributed by atoms with E-state index in [1.54, 1.807) is 0 Å². The molecule has 1 aliphatic heterocycles. The number of nitrogens with two attached hydrogens (primary N) is 1. The van der Waals surface area contributed by atoms with Gasteiger partial charge in [0.25, 0.3) is 0 Å². The number of amides is 2. The summed E-state index contributed by atoms with van der Waals surface area (Å²) < 4.78 is 63.9. The van der Waals surface area contributed by atoms with Gasteiger partial charge in [-0.3, -0.25) is 4.90 Å². The van der Waals surface area contributed by atoms with Crippen LogP contribution in [0.25, 0.3) is 12.1 Å². The number of hydrogen-bond donors (Lipinski definition) is 1. The minimum atomic E-state index is -1.13. The molecule has 2 aromatic carbocycles. The lowest BCUT2D eigenvalue weighted by atomic mass is 10.1. The van der Waals surface area contributed by atoms with Gasteiger partial charge in [-0.25, -0.2) is 4.79 Å². The highest BCUT2D eigenvalue weighted by molar-refractivity contribution is 6.04. The molecule has 0 unspecified atom stereocenters. The number of nitrogens with zero attached hydrogens (tertiary/aromatic N) is 1. The zero-order valence-electron chi connectivity index (χ0n) is 17.1. The molecule has 0 aliphatic carbocycles. The van der Waals surface area contributed by atoms with Crippen LogP contribution >= 0.6 is 0 Å². The first-order valence-corrected chi connectivity index (χ1v) is 5.07. The Hall–Kier alpha value is -2.55. The van der Waals surface area contributed by atoms with Crippen LogP contribution in [0.1, 0.15) is 22.1 Å². The highest BCUT2D eigenvalue weighted by atomic mass is 16.2. The van der Waals surface area contributed by atoms with E-state index in [1.807, 2.05) is 0 Å². The predicted molar refractivity (Wildman–Crippen MR) is 73.5 cm³/mol. The monoisotopic (exact) mass is 244 g/mol. The summed E-state index contributed by atoms with van der Waals surface area (Å²) in [5.74, 6) is 0. The molecule has 0 saturated carbocycles. The van der Waals surface area contributed by atoms with Crippen LogP contribution in [-0.4, -0.2) is 6.03 Å². The number of anilines is 2. The van der Waals surface area contributed by atoms with Crippen molar-refractivity contribution in [3.63, 3.8) is 0 Å². The minimum Gasteiger partial charge on any atom is -0.351 e. The van der Waals surface area contributed by atoms with Crippen molar-refractivity contribution in [2.45, 2.75) is 0 Å². The number of fused-ring (bicyclic) bond motifs is 2. The van der Waals surface area contributed by atoms with Crippen LogP contribution in [0.4, 0.5) is 16.2 Å². The van der Waals surface area contributed by atoms with Gasteiger partial charge in [-0.05, 0) is 23.2 Å². The molecule has 0 fully saturated rings. The fraction of sp³-hybridized carbons (Fsp3) is 0. The van der Waals surface area contributed by atoms with Crippen LogP contribution in [0, 0.1) is 0 Å². The maximum absolute atomic E-state index is 12.2. The number of carbonyl (C=O) groups excluding carboxylic acids is 1. The van der Waals surface area contributed by atoms with Crippen LogP contribution in [0.3, 0.4) is 0 Å².